The van der Waals surface area contributed by atoms with Crippen molar-refractivity contribution in [3.63, 3.8) is 0 Å². The third-order valence-corrected chi connectivity index (χ3v) is 2.15. The van der Waals surface area contributed by atoms with Gasteiger partial charge in [0.25, 0.3) is 0 Å². The lowest BCUT2D eigenvalue weighted by atomic mass is 9.91. The topological polar surface area (TPSA) is 0 Å². The molecule has 0 aliphatic heterocycles. The molecule has 1 rings (SSSR count). The van der Waals surface area contributed by atoms with E-state index in [2.05, 4.69) is 39.8 Å². The van der Waals surface area contributed by atoms with Gasteiger partial charge in [0.15, 0.2) is 0 Å². The van der Waals surface area contributed by atoms with Crippen LogP contribution in [0.1, 0.15) is 40.5 Å². The molecule has 1 aliphatic carbocycles. The maximum atomic E-state index is 2.38. The van der Waals surface area contributed by atoms with Crippen molar-refractivity contribution in [2.45, 2.75) is 40.5 Å². The van der Waals surface area contributed by atoms with Crippen LogP contribution in [-0.2, 0) is 0 Å². The lowest BCUT2D eigenvalue weighted by Gasteiger charge is -2.14. The quantitative estimate of drug-likeness (QED) is 0.462. The van der Waals surface area contributed by atoms with Crippen molar-refractivity contribution in [3.8, 4) is 0 Å². The Morgan fingerprint density at radius 1 is 1.00 bits per heavy atom. The summed E-state index contributed by atoms with van der Waals surface area (Å²) in [5, 5.41) is 0. The molecule has 0 N–H and O–H groups in total. The number of hydrogen-bond acceptors (Lipinski definition) is 0. The van der Waals surface area contributed by atoms with Crippen LogP contribution in [0.15, 0.2) is 23.3 Å². The lowest BCUT2D eigenvalue weighted by Crippen LogP contribution is -2.02. The second-order valence-electron chi connectivity index (χ2n) is 4.30. The van der Waals surface area contributed by atoms with Crippen LogP contribution in [0.3, 0.4) is 0 Å². The van der Waals surface area contributed by atoms with Gasteiger partial charge in [-0.3, -0.25) is 0 Å². The molecule has 0 fully saturated rings. The number of rotatable bonds is 0. The Bertz CT molecular complexity index is 182. The molecule has 0 heteroatoms. The fraction of sp³-hybridized carbons (Fsp3) is 0.636. The highest BCUT2D eigenvalue weighted by molar-refractivity contribution is 5.20. The molecule has 62 valence electrons. The summed E-state index contributed by atoms with van der Waals surface area (Å²) in [5.74, 6) is 0. The molecule has 0 amide bonds. The predicted octanol–water partition coefficient (Wildman–Crippen LogP) is 3.70. The van der Waals surface area contributed by atoms with Crippen LogP contribution in [0.2, 0.25) is 0 Å². The third-order valence-electron chi connectivity index (χ3n) is 2.15. The van der Waals surface area contributed by atoms with Gasteiger partial charge in [-0.15, -0.1) is 0 Å². The van der Waals surface area contributed by atoms with E-state index in [0.29, 0.717) is 0 Å². The van der Waals surface area contributed by atoms with Gasteiger partial charge in [-0.05, 0) is 26.7 Å². The summed E-state index contributed by atoms with van der Waals surface area (Å²) in [5.41, 5.74) is 3.34. The van der Waals surface area contributed by atoms with Gasteiger partial charge in [0.2, 0.25) is 0 Å². The van der Waals surface area contributed by atoms with E-state index in [1.54, 1.807) is 0 Å². The van der Waals surface area contributed by atoms with E-state index in [-0.39, 0.29) is 5.41 Å². The van der Waals surface area contributed by atoms with E-state index in [0.717, 1.165) is 0 Å². The summed E-state index contributed by atoms with van der Waals surface area (Å²) >= 11 is 0. The highest BCUT2D eigenvalue weighted by Crippen LogP contribution is 2.29. The van der Waals surface area contributed by atoms with Gasteiger partial charge in [0.05, 0.1) is 0 Å². The molecule has 0 heterocycles. The Morgan fingerprint density at radius 2 is 1.36 bits per heavy atom. The van der Waals surface area contributed by atoms with Gasteiger partial charge in [0, 0.05) is 5.41 Å². The van der Waals surface area contributed by atoms with Crippen LogP contribution < -0.4 is 0 Å². The monoisotopic (exact) mass is 150 g/mol. The molecule has 0 bridgehead atoms. The SMILES string of the molecule is CC1=CC(C)(C)C=C(C)CC1. The minimum absolute atomic E-state index is 0.282. The first-order valence-corrected chi connectivity index (χ1v) is 4.36. The van der Waals surface area contributed by atoms with E-state index >= 15 is 0 Å². The third kappa shape index (κ3) is 2.53. The summed E-state index contributed by atoms with van der Waals surface area (Å²) in [6.07, 6.45) is 7.24. The van der Waals surface area contributed by atoms with E-state index in [1.165, 1.54) is 24.0 Å². The zero-order valence-electron chi connectivity index (χ0n) is 8.07. The standard InChI is InChI=1S/C11H18/c1-9-5-6-10(2)8-11(3,4)7-9/h7-8H,5-6H2,1-4H3. The molecule has 11 heavy (non-hydrogen) atoms. The molecule has 0 spiro atoms. The molecule has 0 unspecified atom stereocenters. The van der Waals surface area contributed by atoms with Crippen molar-refractivity contribution >= 4 is 0 Å². The summed E-state index contributed by atoms with van der Waals surface area (Å²) < 4.78 is 0. The molecule has 0 aromatic rings. The molecule has 1 aliphatic rings. The van der Waals surface area contributed by atoms with Crippen molar-refractivity contribution < 1.29 is 0 Å². The first kappa shape index (κ1) is 8.58. The Kier molecular flexibility index (Phi) is 2.22. The average Bonchev–Trinajstić information content (AvgIpc) is 1.89. The molecule has 0 aromatic heterocycles. The molecular weight excluding hydrogens is 132 g/mol. The van der Waals surface area contributed by atoms with Crippen LogP contribution in [0.5, 0.6) is 0 Å². The van der Waals surface area contributed by atoms with Gasteiger partial charge in [-0.1, -0.05) is 37.1 Å². The summed E-state index contributed by atoms with van der Waals surface area (Å²) in [6.45, 7) is 9.00. The zero-order valence-corrected chi connectivity index (χ0v) is 8.07. The maximum Gasteiger partial charge on any atom is 0.000955 e. The smallest absolute Gasteiger partial charge is 0.000955 e. The number of allylic oxidation sites excluding steroid dienone is 4. The van der Waals surface area contributed by atoms with E-state index < -0.39 is 0 Å². The fourth-order valence-corrected chi connectivity index (χ4v) is 1.85. The first-order chi connectivity index (χ1) is 4.99. The van der Waals surface area contributed by atoms with Crippen molar-refractivity contribution in [2.75, 3.05) is 0 Å². The first-order valence-electron chi connectivity index (χ1n) is 4.36. The summed E-state index contributed by atoms with van der Waals surface area (Å²) in [4.78, 5) is 0. The minimum atomic E-state index is 0.282. The Labute approximate surface area is 70.0 Å². The number of hydrogen-bond donors (Lipinski definition) is 0. The second-order valence-corrected chi connectivity index (χ2v) is 4.30. The molecular formula is C11H18. The molecule has 0 saturated carbocycles. The van der Waals surface area contributed by atoms with Crippen LogP contribution in [0.4, 0.5) is 0 Å². The van der Waals surface area contributed by atoms with Crippen LogP contribution in [0.25, 0.3) is 0 Å². The van der Waals surface area contributed by atoms with E-state index in [4.69, 9.17) is 0 Å². The Hall–Kier alpha value is -0.520. The molecule has 0 nitrogen and oxygen atoms in total. The van der Waals surface area contributed by atoms with Gasteiger partial charge in [-0.25, -0.2) is 0 Å². The normalized spacial score (nSPS) is 23.6. The Balaban J connectivity index is 2.90. The highest BCUT2D eigenvalue weighted by atomic mass is 14.2. The zero-order chi connectivity index (χ0) is 8.48. The fourth-order valence-electron chi connectivity index (χ4n) is 1.85. The van der Waals surface area contributed by atoms with Gasteiger partial charge < -0.3 is 0 Å². The van der Waals surface area contributed by atoms with Crippen molar-refractivity contribution in [2.24, 2.45) is 5.41 Å². The van der Waals surface area contributed by atoms with Crippen molar-refractivity contribution in [1.29, 1.82) is 0 Å². The van der Waals surface area contributed by atoms with Gasteiger partial charge in [-0.2, -0.15) is 0 Å². The molecule has 0 atom stereocenters. The van der Waals surface area contributed by atoms with Crippen LogP contribution in [0, 0.1) is 5.41 Å². The Morgan fingerprint density at radius 3 is 1.73 bits per heavy atom. The van der Waals surface area contributed by atoms with Gasteiger partial charge in [0.1, 0.15) is 0 Å². The van der Waals surface area contributed by atoms with E-state index in [9.17, 15) is 0 Å². The van der Waals surface area contributed by atoms with Gasteiger partial charge >= 0.3 is 0 Å². The predicted molar refractivity (Wildman–Crippen MR) is 50.5 cm³/mol. The largest absolute Gasteiger partial charge is 0.0762 e. The molecule has 0 radical (unpaired) electrons. The summed E-state index contributed by atoms with van der Waals surface area (Å²) in [7, 11) is 0. The second kappa shape index (κ2) is 2.84. The minimum Gasteiger partial charge on any atom is -0.0762 e. The lowest BCUT2D eigenvalue weighted by molar-refractivity contribution is 0.619. The molecule has 0 saturated heterocycles. The summed E-state index contributed by atoms with van der Waals surface area (Å²) in [6, 6.07) is 0. The van der Waals surface area contributed by atoms with Crippen LogP contribution >= 0.6 is 0 Å². The van der Waals surface area contributed by atoms with Crippen LogP contribution in [-0.4, -0.2) is 0 Å². The maximum absolute atomic E-state index is 2.38. The highest BCUT2D eigenvalue weighted by Gasteiger charge is 2.14. The van der Waals surface area contributed by atoms with Crippen molar-refractivity contribution in [1.82, 2.24) is 0 Å². The molecule has 0 aromatic carbocycles. The van der Waals surface area contributed by atoms with Crippen molar-refractivity contribution in [3.05, 3.63) is 23.3 Å². The van der Waals surface area contributed by atoms with E-state index in [1.807, 2.05) is 0 Å². The average molecular weight is 150 g/mol.